The highest BCUT2D eigenvalue weighted by Gasteiger charge is 2.62. The number of rotatable bonds is 4. The molecule has 4 rings (SSSR count). The van der Waals surface area contributed by atoms with Crippen LogP contribution in [0.3, 0.4) is 0 Å². The number of esters is 1. The van der Waals surface area contributed by atoms with Gasteiger partial charge in [-0.25, -0.2) is 0 Å². The van der Waals surface area contributed by atoms with Crippen LogP contribution in [0.5, 0.6) is 0 Å². The van der Waals surface area contributed by atoms with Crippen LogP contribution in [-0.4, -0.2) is 17.4 Å². The van der Waals surface area contributed by atoms with Gasteiger partial charge in [-0.3, -0.25) is 9.59 Å². The zero-order valence-corrected chi connectivity index (χ0v) is 21.0. The zero-order valence-electron chi connectivity index (χ0n) is 21.0. The molecule has 0 radical (unpaired) electrons. The number of fused-ring (bicyclic) bond motifs is 5. The van der Waals surface area contributed by atoms with Gasteiger partial charge in [0.05, 0.1) is 0 Å². The van der Waals surface area contributed by atoms with Crippen LogP contribution in [0.4, 0.5) is 0 Å². The molecule has 0 aromatic carbocycles. The molecule has 0 spiro atoms. The fraction of sp³-hybridized carbons (Fsp3) is 0.929. The van der Waals surface area contributed by atoms with Crippen molar-refractivity contribution in [2.75, 3.05) is 0 Å². The molecule has 4 aliphatic carbocycles. The van der Waals surface area contributed by atoms with Gasteiger partial charge in [-0.1, -0.05) is 33.6 Å². The maximum Gasteiger partial charge on any atom is 0.306 e. The van der Waals surface area contributed by atoms with E-state index in [4.69, 9.17) is 4.74 Å². The summed E-state index contributed by atoms with van der Waals surface area (Å²) < 4.78 is 5.55. The molecule has 176 valence electrons. The van der Waals surface area contributed by atoms with E-state index >= 15 is 0 Å². The number of ether oxygens (including phenoxy) is 1. The van der Waals surface area contributed by atoms with E-state index in [-0.39, 0.29) is 11.4 Å². The van der Waals surface area contributed by atoms with Crippen molar-refractivity contribution in [2.24, 2.45) is 46.3 Å². The molecule has 0 aliphatic heterocycles. The van der Waals surface area contributed by atoms with Crippen molar-refractivity contribution in [2.45, 2.75) is 118 Å². The molecule has 4 aliphatic rings. The summed E-state index contributed by atoms with van der Waals surface area (Å²) in [6, 6.07) is 0. The van der Waals surface area contributed by atoms with Crippen LogP contribution in [0.15, 0.2) is 0 Å². The highest BCUT2D eigenvalue weighted by atomic mass is 16.6. The van der Waals surface area contributed by atoms with Gasteiger partial charge in [-0.15, -0.1) is 0 Å². The van der Waals surface area contributed by atoms with Crippen LogP contribution < -0.4 is 0 Å². The van der Waals surface area contributed by atoms with E-state index in [1.165, 1.54) is 51.4 Å². The molecule has 0 heterocycles. The van der Waals surface area contributed by atoms with Crippen molar-refractivity contribution in [1.82, 2.24) is 0 Å². The number of hydrogen-bond donors (Lipinski definition) is 0. The Balaban J connectivity index is 1.46. The zero-order chi connectivity index (χ0) is 22.6. The maximum atomic E-state index is 13.5. The minimum Gasteiger partial charge on any atom is -0.460 e. The Bertz CT molecular complexity index is 706. The topological polar surface area (TPSA) is 43.4 Å². The van der Waals surface area contributed by atoms with Gasteiger partial charge in [0, 0.05) is 18.8 Å². The van der Waals surface area contributed by atoms with E-state index in [0.29, 0.717) is 53.1 Å². The number of carbonyl (C=O) groups is 2. The molecule has 8 unspecified atom stereocenters. The molecule has 0 N–H and O–H groups in total. The summed E-state index contributed by atoms with van der Waals surface area (Å²) in [5.74, 6) is 3.81. The molecular weight excluding hydrogens is 384 g/mol. The van der Waals surface area contributed by atoms with E-state index in [9.17, 15) is 9.59 Å². The number of hydrogen-bond acceptors (Lipinski definition) is 3. The second-order valence-electron chi connectivity index (χ2n) is 13.2. The van der Waals surface area contributed by atoms with Gasteiger partial charge >= 0.3 is 5.97 Å². The molecule has 0 aromatic rings. The van der Waals surface area contributed by atoms with Gasteiger partial charge in [0.25, 0.3) is 0 Å². The lowest BCUT2D eigenvalue weighted by molar-refractivity contribution is -0.157. The lowest BCUT2D eigenvalue weighted by atomic mass is 9.44. The molecule has 4 saturated carbocycles. The van der Waals surface area contributed by atoms with Crippen LogP contribution in [-0.2, 0) is 14.3 Å². The Morgan fingerprint density at radius 2 is 1.74 bits per heavy atom. The van der Waals surface area contributed by atoms with Crippen LogP contribution in [0.1, 0.15) is 112 Å². The Labute approximate surface area is 190 Å². The van der Waals surface area contributed by atoms with E-state index in [2.05, 4.69) is 20.8 Å². The molecule has 3 heteroatoms. The van der Waals surface area contributed by atoms with Crippen LogP contribution in [0.2, 0.25) is 0 Å². The lowest BCUT2D eigenvalue weighted by Gasteiger charge is -2.60. The summed E-state index contributed by atoms with van der Waals surface area (Å²) in [6.07, 6.45) is 12.5. The van der Waals surface area contributed by atoms with E-state index in [1.807, 2.05) is 20.8 Å². The number of carbonyl (C=O) groups excluding carboxylic acids is 2. The summed E-state index contributed by atoms with van der Waals surface area (Å²) in [5.41, 5.74) is 0.262. The van der Waals surface area contributed by atoms with E-state index < -0.39 is 5.60 Å². The van der Waals surface area contributed by atoms with Gasteiger partial charge in [0.15, 0.2) is 0 Å². The second-order valence-corrected chi connectivity index (χ2v) is 13.2. The molecule has 8 atom stereocenters. The maximum absolute atomic E-state index is 13.5. The van der Waals surface area contributed by atoms with Crippen molar-refractivity contribution in [3.8, 4) is 0 Å². The average molecular weight is 431 g/mol. The first-order valence-electron chi connectivity index (χ1n) is 13.2. The molecule has 0 bridgehead atoms. The lowest BCUT2D eigenvalue weighted by Crippen LogP contribution is -2.56. The van der Waals surface area contributed by atoms with E-state index in [0.717, 1.165) is 12.8 Å². The molecule has 0 saturated heterocycles. The van der Waals surface area contributed by atoms with Crippen molar-refractivity contribution in [3.63, 3.8) is 0 Å². The first-order valence-corrected chi connectivity index (χ1v) is 13.2. The molecule has 31 heavy (non-hydrogen) atoms. The van der Waals surface area contributed by atoms with Gasteiger partial charge < -0.3 is 4.74 Å². The molecule has 3 nitrogen and oxygen atoms in total. The third kappa shape index (κ3) is 4.12. The summed E-state index contributed by atoms with van der Waals surface area (Å²) in [5, 5.41) is 0. The van der Waals surface area contributed by atoms with Gasteiger partial charge in [-0.05, 0) is 106 Å². The predicted molar refractivity (Wildman–Crippen MR) is 124 cm³/mol. The van der Waals surface area contributed by atoms with Gasteiger partial charge in [0.1, 0.15) is 11.4 Å². The summed E-state index contributed by atoms with van der Waals surface area (Å²) >= 11 is 0. The first kappa shape index (κ1) is 23.3. The fourth-order valence-corrected chi connectivity index (χ4v) is 8.88. The van der Waals surface area contributed by atoms with Crippen LogP contribution in [0, 0.1) is 46.3 Å². The second kappa shape index (κ2) is 8.17. The summed E-state index contributed by atoms with van der Waals surface area (Å²) in [7, 11) is 0. The smallest absolute Gasteiger partial charge is 0.306 e. The Morgan fingerprint density at radius 3 is 2.45 bits per heavy atom. The Hall–Kier alpha value is -0.860. The average Bonchev–Trinajstić information content (AvgIpc) is 3.02. The third-order valence-electron chi connectivity index (χ3n) is 10.4. The fourth-order valence-electron chi connectivity index (χ4n) is 8.88. The molecule has 0 amide bonds. The van der Waals surface area contributed by atoms with Crippen molar-refractivity contribution in [3.05, 3.63) is 0 Å². The van der Waals surface area contributed by atoms with Gasteiger partial charge in [0.2, 0.25) is 0 Å². The quantitative estimate of drug-likeness (QED) is 0.452. The first-order chi connectivity index (χ1) is 14.5. The highest BCUT2D eigenvalue weighted by Crippen LogP contribution is 2.67. The van der Waals surface area contributed by atoms with Crippen LogP contribution >= 0.6 is 0 Å². The molecule has 0 aromatic heterocycles. The standard InChI is InChI=1S/C28H46O3/c1-18(10-13-24(30)31-26(2,3)4)20-11-12-21-25-22(14-16-28(20,21)6)27(5)15-8-7-9-19(27)17-23(25)29/h18-22,25H,7-17H2,1-6H3. The number of ketones is 1. The monoisotopic (exact) mass is 430 g/mol. The van der Waals surface area contributed by atoms with E-state index in [1.54, 1.807) is 0 Å². The van der Waals surface area contributed by atoms with Gasteiger partial charge in [-0.2, -0.15) is 0 Å². The summed E-state index contributed by atoms with van der Waals surface area (Å²) in [6.45, 7) is 13.2. The minimum absolute atomic E-state index is 0.0681. The minimum atomic E-state index is -0.405. The normalized spacial score (nSPS) is 43.5. The third-order valence-corrected chi connectivity index (χ3v) is 10.4. The molecular formula is C28H46O3. The predicted octanol–water partition coefficient (Wildman–Crippen LogP) is 6.97. The highest BCUT2D eigenvalue weighted by molar-refractivity contribution is 5.83. The van der Waals surface area contributed by atoms with Crippen molar-refractivity contribution in [1.29, 1.82) is 0 Å². The van der Waals surface area contributed by atoms with Crippen molar-refractivity contribution >= 4 is 11.8 Å². The Morgan fingerprint density at radius 1 is 1.03 bits per heavy atom. The van der Waals surface area contributed by atoms with Crippen molar-refractivity contribution < 1.29 is 14.3 Å². The molecule has 4 fully saturated rings. The largest absolute Gasteiger partial charge is 0.460 e. The summed E-state index contributed by atoms with van der Waals surface area (Å²) in [4.78, 5) is 25.7. The van der Waals surface area contributed by atoms with Crippen LogP contribution in [0.25, 0.3) is 0 Å². The SMILES string of the molecule is CC(CCC(=O)OC(C)(C)C)C1CCC2C3C(=O)CC4CCCCC4(C)C3CCC12C. The number of Topliss-reactive ketones (excluding diaryl/α,β-unsaturated/α-hetero) is 1. The Kier molecular flexibility index (Phi) is 6.14.